The first-order valence-electron chi connectivity index (χ1n) is 22.5. The summed E-state index contributed by atoms with van der Waals surface area (Å²) in [6.45, 7) is 16.3. The normalized spacial score (nSPS) is 12.4. The second-order valence-electron chi connectivity index (χ2n) is 17.5. The van der Waals surface area contributed by atoms with Gasteiger partial charge in [0.1, 0.15) is 22.8 Å². The van der Waals surface area contributed by atoms with Gasteiger partial charge < -0.3 is 19.3 Å². The summed E-state index contributed by atoms with van der Waals surface area (Å²) in [5, 5.41) is 19.7. The molecule has 70 heavy (non-hydrogen) atoms. The Balaban J connectivity index is 0.000000263. The van der Waals surface area contributed by atoms with Gasteiger partial charge in [0.25, 0.3) is 0 Å². The van der Waals surface area contributed by atoms with Gasteiger partial charge in [0.05, 0.1) is 24.8 Å². The van der Waals surface area contributed by atoms with Crippen LogP contribution in [0.5, 0.6) is 0 Å². The molecule has 1 aliphatic heterocycles. The Morgan fingerprint density at radius 1 is 0.700 bits per heavy atom. The second kappa shape index (κ2) is 26.9. The van der Waals surface area contributed by atoms with E-state index < -0.39 is 44.3 Å². The number of Topliss-reactive ketones (excluding diaryl/α,β-unsaturated/α-hetero) is 1. The molecule has 1 fully saturated rings. The number of nitrogens with zero attached hydrogens (tertiary/aromatic N) is 8. The standard InChI is InChI=1S/C23H27FN4O3.C23H25FN4O3.C4H8O.Mn.2O/c2*1-5-19(29)18-15-28(20-8-6-7-13-25-20)26-21(18)27(22(30)31-23(2,3)4)14-16-9-11-17(24)12-10-16;1-2-4-5-3-1;;;/h6-13,15,19,29H,5,14H2,1-4H3;6-13,15H,5,14H2,1-4H3;1-4H2;;;. The minimum absolute atomic E-state index is 0.0540. The van der Waals surface area contributed by atoms with E-state index in [4.69, 9.17) is 21.9 Å². The molecule has 2 aromatic carbocycles. The van der Waals surface area contributed by atoms with Crippen molar-refractivity contribution < 1.29 is 65.0 Å². The van der Waals surface area contributed by atoms with Crippen LogP contribution in [0.1, 0.15) is 114 Å². The van der Waals surface area contributed by atoms with E-state index in [1.807, 2.05) is 13.0 Å². The number of anilines is 2. The minimum atomic E-state index is -1.44. The predicted molar refractivity (Wildman–Crippen MR) is 252 cm³/mol. The molecule has 375 valence electrons. The third-order valence-electron chi connectivity index (χ3n) is 9.63. The van der Waals surface area contributed by atoms with Gasteiger partial charge in [-0.3, -0.25) is 14.6 Å². The zero-order valence-electron chi connectivity index (χ0n) is 40.6. The van der Waals surface area contributed by atoms with Crippen LogP contribution in [0, 0.1) is 11.6 Å². The van der Waals surface area contributed by atoms with Crippen molar-refractivity contribution in [2.75, 3.05) is 23.0 Å². The van der Waals surface area contributed by atoms with E-state index >= 15 is 0 Å². The molecule has 1 unspecified atom stereocenters. The van der Waals surface area contributed by atoms with Crippen LogP contribution in [-0.4, -0.2) is 77.0 Å². The Labute approximate surface area is 412 Å². The van der Waals surface area contributed by atoms with Crippen LogP contribution in [0.4, 0.5) is 30.0 Å². The van der Waals surface area contributed by atoms with Crippen molar-refractivity contribution >= 4 is 29.6 Å². The maximum atomic E-state index is 13.4. The van der Waals surface area contributed by atoms with Crippen LogP contribution in [-0.2, 0) is 49.8 Å². The van der Waals surface area contributed by atoms with E-state index in [2.05, 4.69) is 20.2 Å². The number of aliphatic hydroxyl groups is 1. The van der Waals surface area contributed by atoms with Gasteiger partial charge in [-0.2, -0.15) is 0 Å². The molecule has 17 nitrogen and oxygen atoms in total. The Kier molecular flexibility index (Phi) is 21.4. The number of aromatic nitrogens is 6. The van der Waals surface area contributed by atoms with Crippen molar-refractivity contribution in [2.45, 2.75) is 111 Å². The molecule has 5 heterocycles. The van der Waals surface area contributed by atoms with Gasteiger partial charge in [0.15, 0.2) is 29.1 Å². The Morgan fingerprint density at radius 2 is 1.13 bits per heavy atom. The topological polar surface area (TPSA) is 201 Å². The number of benzene rings is 2. The molecule has 1 aliphatic rings. The molecule has 1 N–H and O–H groups in total. The molecular formula is C50H60F2MnN8O9. The Bertz CT molecular complexity index is 2600. The number of carbonyl (C=O) groups excluding carboxylic acids is 3. The molecule has 0 radical (unpaired) electrons. The summed E-state index contributed by atoms with van der Waals surface area (Å²) in [6, 6.07) is 22.3. The maximum absolute atomic E-state index is 13.4. The molecule has 1 saturated heterocycles. The van der Waals surface area contributed by atoms with Crippen LogP contribution in [0.2, 0.25) is 0 Å². The molecule has 1 atom stereocenters. The Hall–Kier alpha value is -6.73. The van der Waals surface area contributed by atoms with Crippen molar-refractivity contribution in [3.63, 3.8) is 0 Å². The molecule has 0 aliphatic carbocycles. The molecule has 2 amide bonds. The summed E-state index contributed by atoms with van der Waals surface area (Å²) in [7, 11) is 0. The number of rotatable bonds is 12. The second-order valence-corrected chi connectivity index (χ2v) is 17.7. The number of halogens is 2. The SMILES string of the molecule is C1CCOC1.CCC(=O)c1cn(-c2ccccn2)nc1N(Cc1ccc(F)cc1)C(=O)OC(C)(C)C.CCC(O)c1cn(-c2ccccn2)nc1N(Cc1ccc(F)cc1)C(=O)OC(C)(C)C.[O]=[Mn]=[O]. The average Bonchev–Trinajstić information content (AvgIpc) is 4.14. The molecule has 0 saturated carbocycles. The van der Waals surface area contributed by atoms with Crippen molar-refractivity contribution in [1.82, 2.24) is 29.5 Å². The summed E-state index contributed by atoms with van der Waals surface area (Å²) in [6.07, 6.45) is 7.57. The van der Waals surface area contributed by atoms with Crippen molar-refractivity contribution in [3.05, 3.63) is 144 Å². The van der Waals surface area contributed by atoms with E-state index in [0.29, 0.717) is 34.7 Å². The molecule has 20 heteroatoms. The van der Waals surface area contributed by atoms with Gasteiger partial charge in [0, 0.05) is 50.0 Å². The quantitative estimate of drug-likeness (QED) is 0.0897. The zero-order valence-corrected chi connectivity index (χ0v) is 41.7. The molecule has 0 spiro atoms. The number of hydrogen-bond donors (Lipinski definition) is 1. The average molecular weight is 1010 g/mol. The third kappa shape index (κ3) is 17.7. The first-order chi connectivity index (χ1) is 33.3. The van der Waals surface area contributed by atoms with Crippen molar-refractivity contribution in [1.29, 1.82) is 0 Å². The van der Waals surface area contributed by atoms with Crippen LogP contribution in [0.15, 0.2) is 110 Å². The summed E-state index contributed by atoms with van der Waals surface area (Å²) in [4.78, 5) is 50.1. The predicted octanol–water partition coefficient (Wildman–Crippen LogP) is 10.3. The van der Waals surface area contributed by atoms with E-state index in [-0.39, 0.29) is 54.1 Å². The van der Waals surface area contributed by atoms with Gasteiger partial charge in [0.2, 0.25) is 0 Å². The summed E-state index contributed by atoms with van der Waals surface area (Å²) in [5.41, 5.74) is 0.621. The van der Waals surface area contributed by atoms with Crippen LogP contribution >= 0.6 is 0 Å². The molecule has 0 bridgehead atoms. The first-order valence-corrected chi connectivity index (χ1v) is 23.4. The fourth-order valence-electron chi connectivity index (χ4n) is 6.35. The van der Waals surface area contributed by atoms with E-state index in [0.717, 1.165) is 13.2 Å². The van der Waals surface area contributed by atoms with Gasteiger partial charge >= 0.3 is 34.7 Å². The molecular weight excluding hydrogens is 950 g/mol. The zero-order chi connectivity index (χ0) is 51.4. The molecule has 7 rings (SSSR count). The number of aliphatic hydroxyl groups excluding tert-OH is 1. The van der Waals surface area contributed by atoms with E-state index in [1.165, 1.54) is 56.3 Å². The summed E-state index contributed by atoms with van der Waals surface area (Å²) in [5.74, 6) is 0.552. The number of carbonyl (C=O) groups is 3. The summed E-state index contributed by atoms with van der Waals surface area (Å²) >= 11 is -1.44. The first kappa shape index (κ1) is 55.9. The van der Waals surface area contributed by atoms with Crippen molar-refractivity contribution in [2.24, 2.45) is 0 Å². The van der Waals surface area contributed by atoms with Gasteiger partial charge in [-0.15, -0.1) is 10.2 Å². The number of hydrogen-bond acceptors (Lipinski definition) is 13. The van der Waals surface area contributed by atoms with Gasteiger partial charge in [-0.1, -0.05) is 50.2 Å². The summed E-state index contributed by atoms with van der Waals surface area (Å²) < 4.78 is 62.6. The van der Waals surface area contributed by atoms with Crippen molar-refractivity contribution in [3.8, 4) is 11.6 Å². The van der Waals surface area contributed by atoms with Crippen LogP contribution in [0.3, 0.4) is 0 Å². The van der Waals surface area contributed by atoms with Crippen LogP contribution in [0.25, 0.3) is 11.6 Å². The van der Waals surface area contributed by atoms with Gasteiger partial charge in [-0.05, 0) is 120 Å². The fraction of sp³-hybridized carbons (Fsp3) is 0.380. The molecule has 6 aromatic rings. The van der Waals surface area contributed by atoms with Crippen LogP contribution < -0.4 is 9.80 Å². The number of pyridine rings is 2. The van der Waals surface area contributed by atoms with E-state index in [1.54, 1.807) is 128 Å². The van der Waals surface area contributed by atoms with E-state index in [9.17, 15) is 28.3 Å². The number of amides is 2. The molecule has 4 aromatic heterocycles. The monoisotopic (exact) mass is 1010 g/mol. The fourth-order valence-corrected chi connectivity index (χ4v) is 6.35. The number of ether oxygens (including phenoxy) is 3. The number of ketones is 1. The Morgan fingerprint density at radius 3 is 1.50 bits per heavy atom. The third-order valence-corrected chi connectivity index (χ3v) is 9.63. The van der Waals surface area contributed by atoms with Gasteiger partial charge in [-0.25, -0.2) is 37.7 Å².